The van der Waals surface area contributed by atoms with E-state index in [4.69, 9.17) is 9.47 Å². The van der Waals surface area contributed by atoms with Gasteiger partial charge in [-0.3, -0.25) is 4.72 Å². The normalized spacial score (nSPS) is 11.1. The van der Waals surface area contributed by atoms with Gasteiger partial charge in [0.05, 0.1) is 24.3 Å². The third-order valence-corrected chi connectivity index (χ3v) is 5.22. The van der Waals surface area contributed by atoms with E-state index in [0.717, 1.165) is 0 Å². The van der Waals surface area contributed by atoms with E-state index in [1.54, 1.807) is 55.6 Å². The fourth-order valence-corrected chi connectivity index (χ4v) is 3.49. The maximum atomic E-state index is 12.5. The Bertz CT molecular complexity index is 1060. The highest BCUT2D eigenvalue weighted by Gasteiger charge is 2.15. The van der Waals surface area contributed by atoms with E-state index in [1.807, 2.05) is 0 Å². The molecule has 1 heterocycles. The molecule has 1 N–H and O–H groups in total. The van der Waals surface area contributed by atoms with Gasteiger partial charge in [-0.2, -0.15) is 5.10 Å². The summed E-state index contributed by atoms with van der Waals surface area (Å²) < 4.78 is 38.9. The van der Waals surface area contributed by atoms with Crippen molar-refractivity contribution in [1.29, 1.82) is 0 Å². The Morgan fingerprint density at radius 1 is 1.07 bits per heavy atom. The van der Waals surface area contributed by atoms with Gasteiger partial charge in [0.2, 0.25) is 0 Å². The van der Waals surface area contributed by atoms with Crippen molar-refractivity contribution in [2.75, 3.05) is 18.4 Å². The monoisotopic (exact) mass is 401 g/mol. The quantitative estimate of drug-likeness (QED) is 0.611. The first-order chi connectivity index (χ1) is 13.4. The highest BCUT2D eigenvalue weighted by atomic mass is 32.2. The molecule has 0 fully saturated rings. The van der Waals surface area contributed by atoms with Crippen LogP contribution < -0.4 is 9.46 Å². The van der Waals surface area contributed by atoms with Crippen LogP contribution in [-0.4, -0.2) is 37.9 Å². The van der Waals surface area contributed by atoms with Gasteiger partial charge >= 0.3 is 5.97 Å². The van der Waals surface area contributed by atoms with E-state index in [9.17, 15) is 13.2 Å². The number of aromatic nitrogens is 2. The van der Waals surface area contributed by atoms with Crippen molar-refractivity contribution in [3.8, 4) is 11.4 Å². The van der Waals surface area contributed by atoms with Gasteiger partial charge in [-0.05, 0) is 61.5 Å². The Kier molecular flexibility index (Phi) is 5.65. The molecule has 3 aromatic rings. The van der Waals surface area contributed by atoms with Crippen molar-refractivity contribution >= 4 is 21.7 Å². The van der Waals surface area contributed by atoms with Crippen LogP contribution in [0.4, 0.5) is 5.69 Å². The van der Waals surface area contributed by atoms with Crippen molar-refractivity contribution in [3.63, 3.8) is 0 Å². The minimum Gasteiger partial charge on any atom is -0.497 e. The topological polar surface area (TPSA) is 99.5 Å². The summed E-state index contributed by atoms with van der Waals surface area (Å²) in [6, 6.07) is 14.3. The summed E-state index contributed by atoms with van der Waals surface area (Å²) in [6.07, 6.45) is 1.63. The molecule has 0 aliphatic carbocycles. The Morgan fingerprint density at radius 3 is 2.36 bits per heavy atom. The molecule has 0 atom stereocenters. The molecule has 0 bridgehead atoms. The molecule has 0 spiro atoms. The zero-order valence-electron chi connectivity index (χ0n) is 15.3. The number of benzene rings is 2. The van der Waals surface area contributed by atoms with E-state index < -0.39 is 16.0 Å². The fraction of sp³-hybridized carbons (Fsp3) is 0.158. The zero-order chi connectivity index (χ0) is 20.1. The number of nitrogens with zero attached hydrogens (tertiary/aromatic N) is 2. The summed E-state index contributed by atoms with van der Waals surface area (Å²) >= 11 is 0. The van der Waals surface area contributed by atoms with Crippen LogP contribution in [0, 0.1) is 0 Å². The number of carbonyl (C=O) groups excluding carboxylic acids is 1. The third kappa shape index (κ3) is 4.32. The molecule has 0 aliphatic rings. The molecule has 8 nitrogen and oxygen atoms in total. The number of esters is 1. The molecule has 3 rings (SSSR count). The number of anilines is 1. The minimum atomic E-state index is -3.72. The van der Waals surface area contributed by atoms with Crippen molar-refractivity contribution < 1.29 is 22.7 Å². The Balaban J connectivity index is 1.74. The summed E-state index contributed by atoms with van der Waals surface area (Å²) in [4.78, 5) is 11.8. The average Bonchev–Trinajstić information content (AvgIpc) is 3.19. The van der Waals surface area contributed by atoms with Crippen molar-refractivity contribution in [1.82, 2.24) is 9.78 Å². The maximum Gasteiger partial charge on any atom is 0.358 e. The number of hydrogen-bond donors (Lipinski definition) is 1. The van der Waals surface area contributed by atoms with Crippen LogP contribution in [0.3, 0.4) is 0 Å². The number of methoxy groups -OCH3 is 1. The first kappa shape index (κ1) is 19.4. The second-order valence-electron chi connectivity index (χ2n) is 5.69. The molecular weight excluding hydrogens is 382 g/mol. The largest absolute Gasteiger partial charge is 0.497 e. The Labute approximate surface area is 162 Å². The van der Waals surface area contributed by atoms with Gasteiger partial charge in [0.1, 0.15) is 5.75 Å². The van der Waals surface area contributed by atoms with Crippen molar-refractivity contribution in [2.45, 2.75) is 11.8 Å². The van der Waals surface area contributed by atoms with Gasteiger partial charge in [-0.1, -0.05) is 0 Å². The molecule has 28 heavy (non-hydrogen) atoms. The molecule has 0 aliphatic heterocycles. The lowest BCUT2D eigenvalue weighted by Gasteiger charge is -2.09. The van der Waals surface area contributed by atoms with E-state index >= 15 is 0 Å². The summed E-state index contributed by atoms with van der Waals surface area (Å²) in [5.41, 5.74) is 1.27. The molecule has 0 saturated carbocycles. The predicted molar refractivity (Wildman–Crippen MR) is 103 cm³/mol. The second kappa shape index (κ2) is 8.13. The van der Waals surface area contributed by atoms with E-state index in [0.29, 0.717) is 17.1 Å². The number of nitrogens with one attached hydrogen (secondary N) is 1. The predicted octanol–water partition coefficient (Wildman–Crippen LogP) is 2.86. The smallest absolute Gasteiger partial charge is 0.358 e. The molecule has 9 heteroatoms. The zero-order valence-corrected chi connectivity index (χ0v) is 16.1. The molecule has 0 saturated heterocycles. The van der Waals surface area contributed by atoms with Crippen LogP contribution in [0.25, 0.3) is 5.69 Å². The first-order valence-electron chi connectivity index (χ1n) is 8.43. The average molecular weight is 401 g/mol. The molecule has 0 radical (unpaired) electrons. The molecule has 0 amide bonds. The van der Waals surface area contributed by atoms with Crippen LogP contribution in [0.1, 0.15) is 17.4 Å². The number of hydrogen-bond acceptors (Lipinski definition) is 6. The number of rotatable bonds is 7. The summed E-state index contributed by atoms with van der Waals surface area (Å²) in [5.74, 6) is 0.0786. The van der Waals surface area contributed by atoms with Gasteiger partial charge in [0, 0.05) is 11.9 Å². The van der Waals surface area contributed by atoms with E-state index in [2.05, 4.69) is 9.82 Å². The lowest BCUT2D eigenvalue weighted by molar-refractivity contribution is 0.0519. The lowest BCUT2D eigenvalue weighted by Crippen LogP contribution is -2.13. The van der Waals surface area contributed by atoms with Crippen molar-refractivity contribution in [3.05, 3.63) is 66.5 Å². The molecule has 0 unspecified atom stereocenters. The molecule has 2 aromatic carbocycles. The van der Waals surface area contributed by atoms with Crippen LogP contribution in [0.2, 0.25) is 0 Å². The molecular formula is C19H19N3O5S. The number of sulfonamides is 1. The summed E-state index contributed by atoms with van der Waals surface area (Å²) in [5, 5.41) is 4.16. The molecule has 146 valence electrons. The van der Waals surface area contributed by atoms with Gasteiger partial charge in [-0.15, -0.1) is 0 Å². The van der Waals surface area contributed by atoms with Crippen molar-refractivity contribution in [2.24, 2.45) is 0 Å². The van der Waals surface area contributed by atoms with Gasteiger partial charge in [-0.25, -0.2) is 17.9 Å². The summed E-state index contributed by atoms with van der Waals surface area (Å²) in [7, 11) is -2.21. The fourth-order valence-electron chi connectivity index (χ4n) is 2.43. The van der Waals surface area contributed by atoms with E-state index in [1.165, 1.54) is 23.9 Å². The van der Waals surface area contributed by atoms with Gasteiger partial charge in [0.15, 0.2) is 5.69 Å². The first-order valence-corrected chi connectivity index (χ1v) is 9.91. The highest BCUT2D eigenvalue weighted by molar-refractivity contribution is 7.92. The maximum absolute atomic E-state index is 12.5. The minimum absolute atomic E-state index is 0.128. The standard InChI is InChI=1S/C19H19N3O5S/c1-3-27-19(23)18-12-13-22(20-18)15-6-4-14(5-7-15)21-28(24,25)17-10-8-16(26-2)9-11-17/h4-13,21H,3H2,1-2H3. The summed E-state index contributed by atoms with van der Waals surface area (Å²) in [6.45, 7) is 2.00. The number of ether oxygens (including phenoxy) is 2. The van der Waals surface area contributed by atoms with Crippen LogP contribution in [0.5, 0.6) is 5.75 Å². The Hall–Kier alpha value is -3.33. The van der Waals surface area contributed by atoms with Crippen LogP contribution >= 0.6 is 0 Å². The lowest BCUT2D eigenvalue weighted by atomic mass is 10.3. The highest BCUT2D eigenvalue weighted by Crippen LogP contribution is 2.20. The second-order valence-corrected chi connectivity index (χ2v) is 7.38. The van der Waals surface area contributed by atoms with Gasteiger partial charge < -0.3 is 9.47 Å². The van der Waals surface area contributed by atoms with Crippen LogP contribution in [-0.2, 0) is 14.8 Å². The Morgan fingerprint density at radius 2 is 1.75 bits per heavy atom. The van der Waals surface area contributed by atoms with E-state index in [-0.39, 0.29) is 17.2 Å². The van der Waals surface area contributed by atoms with Crippen LogP contribution in [0.15, 0.2) is 65.7 Å². The number of carbonyl (C=O) groups is 1. The van der Waals surface area contributed by atoms with Gasteiger partial charge in [0.25, 0.3) is 10.0 Å². The SMILES string of the molecule is CCOC(=O)c1ccn(-c2ccc(NS(=O)(=O)c3ccc(OC)cc3)cc2)n1. The molecule has 1 aromatic heterocycles. The third-order valence-electron chi connectivity index (χ3n) is 3.83.